The Morgan fingerprint density at radius 3 is 2.29 bits per heavy atom. The molecule has 0 spiro atoms. The number of hydrogen-bond donors (Lipinski definition) is 0. The van der Waals surface area contributed by atoms with E-state index in [9.17, 15) is 0 Å². The van der Waals surface area contributed by atoms with Gasteiger partial charge < -0.3 is 18.9 Å². The van der Waals surface area contributed by atoms with Gasteiger partial charge in [0.2, 0.25) is 0 Å². The third kappa shape index (κ3) is 5.79. The predicted molar refractivity (Wildman–Crippen MR) is 121 cm³/mol. The van der Waals surface area contributed by atoms with Crippen molar-refractivity contribution in [2.45, 2.75) is 51.7 Å². The quantitative estimate of drug-likeness (QED) is 0.572. The molecule has 2 aliphatic rings. The number of rotatable bonds is 9. The Hall–Kier alpha value is -2.08. The summed E-state index contributed by atoms with van der Waals surface area (Å²) in [6, 6.07) is 17.0. The van der Waals surface area contributed by atoms with Crippen LogP contribution in [-0.2, 0) is 22.4 Å². The van der Waals surface area contributed by atoms with Crippen molar-refractivity contribution >= 4 is 0 Å². The van der Waals surface area contributed by atoms with E-state index in [0.717, 1.165) is 44.0 Å². The molecule has 2 saturated heterocycles. The zero-order valence-electron chi connectivity index (χ0n) is 19.0. The van der Waals surface area contributed by atoms with Gasteiger partial charge in [0.05, 0.1) is 14.2 Å². The molecular weight excluding hydrogens is 390 g/mol. The molecule has 0 radical (unpaired) electrons. The molecule has 5 heteroatoms. The monoisotopic (exact) mass is 425 g/mol. The van der Waals surface area contributed by atoms with Crippen LogP contribution in [0.1, 0.15) is 37.3 Å². The Bertz CT molecular complexity index is 813. The molecule has 0 aliphatic carbocycles. The Labute approximate surface area is 186 Å². The van der Waals surface area contributed by atoms with E-state index in [4.69, 9.17) is 18.9 Å². The van der Waals surface area contributed by atoms with Crippen molar-refractivity contribution in [3.05, 3.63) is 59.7 Å². The van der Waals surface area contributed by atoms with Gasteiger partial charge in [-0.1, -0.05) is 36.4 Å². The summed E-state index contributed by atoms with van der Waals surface area (Å²) in [5.41, 5.74) is 2.63. The second kappa shape index (κ2) is 10.5. The first-order chi connectivity index (χ1) is 15.1. The minimum absolute atomic E-state index is 0.0920. The van der Waals surface area contributed by atoms with Crippen molar-refractivity contribution < 1.29 is 18.9 Å². The molecule has 4 rings (SSSR count). The topological polar surface area (TPSA) is 40.2 Å². The van der Waals surface area contributed by atoms with Crippen LogP contribution in [0, 0.1) is 11.8 Å². The number of piperidine rings is 1. The van der Waals surface area contributed by atoms with Crippen molar-refractivity contribution in [3.63, 3.8) is 0 Å². The van der Waals surface area contributed by atoms with E-state index in [2.05, 4.69) is 47.4 Å². The largest absolute Gasteiger partial charge is 0.493 e. The zero-order valence-corrected chi connectivity index (χ0v) is 19.0. The van der Waals surface area contributed by atoms with Gasteiger partial charge in [0.1, 0.15) is 0 Å². The first-order valence-electron chi connectivity index (χ1n) is 11.4. The van der Waals surface area contributed by atoms with E-state index in [-0.39, 0.29) is 12.6 Å². The van der Waals surface area contributed by atoms with Crippen LogP contribution < -0.4 is 9.47 Å². The molecule has 0 saturated carbocycles. The van der Waals surface area contributed by atoms with E-state index in [1.165, 1.54) is 24.0 Å². The summed E-state index contributed by atoms with van der Waals surface area (Å²) >= 11 is 0. The molecule has 2 aromatic rings. The summed E-state index contributed by atoms with van der Waals surface area (Å²) < 4.78 is 22.7. The highest BCUT2D eigenvalue weighted by Gasteiger charge is 2.36. The molecule has 0 amide bonds. The maximum atomic E-state index is 5.93. The average Bonchev–Trinajstić information content (AvgIpc) is 2.78. The molecule has 2 aromatic carbocycles. The third-order valence-corrected chi connectivity index (χ3v) is 6.57. The van der Waals surface area contributed by atoms with Crippen LogP contribution in [0.25, 0.3) is 0 Å². The van der Waals surface area contributed by atoms with Crippen LogP contribution >= 0.6 is 0 Å². The first kappa shape index (κ1) is 22.1. The summed E-state index contributed by atoms with van der Waals surface area (Å²) in [7, 11) is 3.35. The molecular formula is C26H35NO4. The van der Waals surface area contributed by atoms with Gasteiger partial charge in [-0.2, -0.15) is 0 Å². The van der Waals surface area contributed by atoms with Gasteiger partial charge in [0, 0.05) is 12.5 Å². The summed E-state index contributed by atoms with van der Waals surface area (Å²) in [5.74, 6) is 2.59. The summed E-state index contributed by atoms with van der Waals surface area (Å²) in [5, 5.41) is 0. The minimum atomic E-state index is -0.106. The molecule has 2 fully saturated rings. The Balaban J connectivity index is 1.34. The molecule has 0 N–H and O–H groups in total. The molecule has 2 heterocycles. The van der Waals surface area contributed by atoms with Gasteiger partial charge in [-0.05, 0) is 74.9 Å². The van der Waals surface area contributed by atoms with Crippen LogP contribution in [0.3, 0.4) is 0 Å². The molecule has 31 heavy (non-hydrogen) atoms. The van der Waals surface area contributed by atoms with Crippen LogP contribution in [0.15, 0.2) is 48.5 Å². The van der Waals surface area contributed by atoms with Crippen LogP contribution in [0.5, 0.6) is 11.5 Å². The van der Waals surface area contributed by atoms with Crippen molar-refractivity contribution in [1.29, 1.82) is 0 Å². The van der Waals surface area contributed by atoms with E-state index in [0.29, 0.717) is 11.8 Å². The molecule has 0 bridgehead atoms. The number of likely N-dealkylation sites (tertiary alicyclic amines) is 1. The molecule has 168 valence electrons. The summed E-state index contributed by atoms with van der Waals surface area (Å²) in [6.07, 6.45) is 4.32. The summed E-state index contributed by atoms with van der Waals surface area (Å²) in [4.78, 5) is 2.58. The second-order valence-electron chi connectivity index (χ2n) is 8.80. The smallest absolute Gasteiger partial charge is 0.166 e. The van der Waals surface area contributed by atoms with Gasteiger partial charge in [0.15, 0.2) is 24.1 Å². The lowest BCUT2D eigenvalue weighted by molar-refractivity contribution is -0.393. The van der Waals surface area contributed by atoms with Gasteiger partial charge in [-0.15, -0.1) is 0 Å². The normalized spacial score (nSPS) is 23.2. The maximum absolute atomic E-state index is 5.93. The van der Waals surface area contributed by atoms with Crippen molar-refractivity contribution in [2.75, 3.05) is 27.3 Å². The molecule has 1 atom stereocenters. The SMILES string of the molecule is COc1ccc(CC(CC2CCN(Cc3ccccc3)CC2)C2OC(C)O2)cc1OC. The highest BCUT2D eigenvalue weighted by molar-refractivity contribution is 5.43. The van der Waals surface area contributed by atoms with Gasteiger partial charge in [-0.25, -0.2) is 0 Å². The molecule has 1 unspecified atom stereocenters. The van der Waals surface area contributed by atoms with Gasteiger partial charge in [0.25, 0.3) is 0 Å². The fourth-order valence-electron chi connectivity index (χ4n) is 4.86. The molecule has 0 aromatic heterocycles. The Morgan fingerprint density at radius 2 is 1.65 bits per heavy atom. The lowest BCUT2D eigenvalue weighted by atomic mass is 9.83. The highest BCUT2D eigenvalue weighted by Crippen LogP contribution is 2.36. The van der Waals surface area contributed by atoms with Crippen molar-refractivity contribution in [2.24, 2.45) is 11.8 Å². The van der Waals surface area contributed by atoms with Crippen molar-refractivity contribution in [1.82, 2.24) is 4.90 Å². The lowest BCUT2D eigenvalue weighted by Crippen LogP contribution is -2.45. The van der Waals surface area contributed by atoms with Crippen LogP contribution in [0.4, 0.5) is 0 Å². The van der Waals surface area contributed by atoms with Crippen LogP contribution in [-0.4, -0.2) is 44.8 Å². The number of ether oxygens (including phenoxy) is 4. The predicted octanol–water partition coefficient (Wildman–Crippen LogP) is 4.88. The highest BCUT2D eigenvalue weighted by atomic mass is 16.9. The van der Waals surface area contributed by atoms with E-state index in [1.807, 2.05) is 13.0 Å². The number of hydrogen-bond acceptors (Lipinski definition) is 5. The number of nitrogens with zero attached hydrogens (tertiary/aromatic N) is 1. The molecule has 2 aliphatic heterocycles. The Morgan fingerprint density at radius 1 is 0.935 bits per heavy atom. The average molecular weight is 426 g/mol. The standard InChI is InChI=1S/C26H35NO4/c1-19-30-26(31-19)23(16-22-9-10-24(28-2)25(17-22)29-3)15-20-11-13-27(14-12-20)18-21-7-5-4-6-8-21/h4-10,17,19-20,23,26H,11-16,18H2,1-3H3. The van der Waals surface area contributed by atoms with Crippen molar-refractivity contribution in [3.8, 4) is 11.5 Å². The van der Waals surface area contributed by atoms with Crippen LogP contribution in [0.2, 0.25) is 0 Å². The van der Waals surface area contributed by atoms with Gasteiger partial charge in [-0.3, -0.25) is 4.90 Å². The third-order valence-electron chi connectivity index (χ3n) is 6.57. The van der Waals surface area contributed by atoms with E-state index in [1.54, 1.807) is 14.2 Å². The number of benzene rings is 2. The maximum Gasteiger partial charge on any atom is 0.166 e. The zero-order chi connectivity index (χ0) is 21.6. The summed E-state index contributed by atoms with van der Waals surface area (Å²) in [6.45, 7) is 5.33. The van der Waals surface area contributed by atoms with E-state index >= 15 is 0 Å². The fourth-order valence-corrected chi connectivity index (χ4v) is 4.86. The second-order valence-corrected chi connectivity index (χ2v) is 8.80. The minimum Gasteiger partial charge on any atom is -0.493 e. The van der Waals surface area contributed by atoms with Gasteiger partial charge >= 0.3 is 0 Å². The molecule has 5 nitrogen and oxygen atoms in total. The Kier molecular flexibility index (Phi) is 7.49. The first-order valence-corrected chi connectivity index (χ1v) is 11.4. The fraction of sp³-hybridized carbons (Fsp3) is 0.538. The number of methoxy groups -OCH3 is 2. The van der Waals surface area contributed by atoms with E-state index < -0.39 is 0 Å². The lowest BCUT2D eigenvalue weighted by Gasteiger charge is -2.41.